The van der Waals surface area contributed by atoms with Crippen LogP contribution in [-0.2, 0) is 11.3 Å². The first-order valence-electron chi connectivity index (χ1n) is 7.67. The van der Waals surface area contributed by atoms with E-state index in [0.717, 1.165) is 30.6 Å². The Bertz CT molecular complexity index is 614. The van der Waals surface area contributed by atoms with E-state index in [1.807, 2.05) is 24.3 Å². The van der Waals surface area contributed by atoms with Crippen LogP contribution in [0.3, 0.4) is 0 Å². The molecule has 0 spiro atoms. The second-order valence-electron chi connectivity index (χ2n) is 5.80. The second kappa shape index (κ2) is 8.08. The molecule has 1 aliphatic heterocycles. The van der Waals surface area contributed by atoms with Crippen LogP contribution >= 0.6 is 12.4 Å². The molecule has 0 unspecified atom stereocenters. The molecule has 1 saturated heterocycles. The van der Waals surface area contributed by atoms with Crippen molar-refractivity contribution >= 4 is 18.3 Å². The van der Waals surface area contributed by atoms with Gasteiger partial charge in [-0.25, -0.2) is 9.67 Å². The average molecular weight is 336 g/mol. The lowest BCUT2D eigenvalue weighted by Crippen LogP contribution is -2.42. The van der Waals surface area contributed by atoms with Crippen molar-refractivity contribution in [2.75, 3.05) is 6.54 Å². The number of aromatic nitrogens is 3. The monoisotopic (exact) mass is 335 g/mol. The van der Waals surface area contributed by atoms with Gasteiger partial charge in [0, 0.05) is 18.5 Å². The number of amides is 1. The maximum atomic E-state index is 12.2. The molecule has 1 aromatic heterocycles. The van der Waals surface area contributed by atoms with Crippen LogP contribution in [0.5, 0.6) is 0 Å². The molecule has 1 aliphatic rings. The fourth-order valence-electron chi connectivity index (χ4n) is 2.81. The third kappa shape index (κ3) is 4.53. The van der Waals surface area contributed by atoms with Crippen molar-refractivity contribution in [3.05, 3.63) is 42.5 Å². The molecule has 0 bridgehead atoms. The highest BCUT2D eigenvalue weighted by Crippen LogP contribution is 2.16. The zero-order chi connectivity index (χ0) is 15.4. The summed E-state index contributed by atoms with van der Waals surface area (Å²) >= 11 is 0. The molecule has 6 nitrogen and oxygen atoms in total. The molecular formula is C16H22ClN5O. The maximum Gasteiger partial charge on any atom is 0.223 e. The first-order chi connectivity index (χ1) is 10.7. The van der Waals surface area contributed by atoms with Gasteiger partial charge < -0.3 is 10.6 Å². The number of piperidine rings is 1. The van der Waals surface area contributed by atoms with Gasteiger partial charge in [0.05, 0.1) is 5.69 Å². The Morgan fingerprint density at radius 1 is 1.39 bits per heavy atom. The summed E-state index contributed by atoms with van der Waals surface area (Å²) in [6, 6.07) is 8.38. The lowest BCUT2D eigenvalue weighted by Gasteiger charge is -2.27. The molecule has 0 saturated carbocycles. The number of carbonyl (C=O) groups is 1. The van der Waals surface area contributed by atoms with E-state index in [1.54, 1.807) is 11.0 Å². The van der Waals surface area contributed by atoms with Crippen LogP contribution in [0.1, 0.15) is 25.3 Å². The fraction of sp³-hybridized carbons (Fsp3) is 0.438. The number of hydrogen-bond acceptors (Lipinski definition) is 4. The predicted octanol–water partition coefficient (Wildman–Crippen LogP) is 1.69. The smallest absolute Gasteiger partial charge is 0.223 e. The number of carbonyl (C=O) groups excluding carboxylic acids is 1. The number of rotatable bonds is 4. The molecule has 2 atom stereocenters. The minimum Gasteiger partial charge on any atom is -0.352 e. The van der Waals surface area contributed by atoms with E-state index in [1.165, 1.54) is 6.33 Å². The molecule has 2 aromatic rings. The molecule has 0 radical (unpaired) electrons. The van der Waals surface area contributed by atoms with Crippen molar-refractivity contribution in [2.45, 2.75) is 32.4 Å². The van der Waals surface area contributed by atoms with Crippen molar-refractivity contribution in [1.82, 2.24) is 25.4 Å². The number of nitrogens with zero attached hydrogens (tertiary/aromatic N) is 3. The van der Waals surface area contributed by atoms with Gasteiger partial charge in [-0.3, -0.25) is 4.79 Å². The third-order valence-corrected chi connectivity index (χ3v) is 4.08. The normalized spacial score (nSPS) is 20.6. The third-order valence-electron chi connectivity index (χ3n) is 4.08. The van der Waals surface area contributed by atoms with Crippen molar-refractivity contribution in [2.24, 2.45) is 5.92 Å². The van der Waals surface area contributed by atoms with Gasteiger partial charge in [0.25, 0.3) is 0 Å². The molecule has 0 aliphatic carbocycles. The van der Waals surface area contributed by atoms with Crippen LogP contribution in [-0.4, -0.2) is 33.3 Å². The van der Waals surface area contributed by atoms with E-state index in [0.29, 0.717) is 12.6 Å². The number of halogens is 1. The summed E-state index contributed by atoms with van der Waals surface area (Å²) in [4.78, 5) is 16.1. The van der Waals surface area contributed by atoms with Gasteiger partial charge in [0.1, 0.15) is 12.7 Å². The molecule has 2 heterocycles. The molecule has 1 amide bonds. The summed E-state index contributed by atoms with van der Waals surface area (Å²) in [5.41, 5.74) is 2.04. The molecule has 3 rings (SSSR count). The van der Waals surface area contributed by atoms with Crippen LogP contribution < -0.4 is 10.6 Å². The summed E-state index contributed by atoms with van der Waals surface area (Å²) in [7, 11) is 0. The Balaban J connectivity index is 0.00000192. The molecule has 1 fully saturated rings. The molecule has 7 heteroatoms. The zero-order valence-corrected chi connectivity index (χ0v) is 13.9. The minimum absolute atomic E-state index is 0. The highest BCUT2D eigenvalue weighted by atomic mass is 35.5. The van der Waals surface area contributed by atoms with Gasteiger partial charge in [-0.1, -0.05) is 12.1 Å². The van der Waals surface area contributed by atoms with Gasteiger partial charge in [-0.05, 0) is 44.0 Å². The van der Waals surface area contributed by atoms with E-state index in [4.69, 9.17) is 0 Å². The van der Waals surface area contributed by atoms with Gasteiger partial charge in [-0.15, -0.1) is 12.4 Å². The predicted molar refractivity (Wildman–Crippen MR) is 90.6 cm³/mol. The SMILES string of the molecule is C[C@H]1C[C@@H](C(=O)NCc2ccc(-n3cncn3)cc2)CCN1.Cl. The van der Waals surface area contributed by atoms with Crippen LogP contribution in [0.25, 0.3) is 5.69 Å². The molecule has 23 heavy (non-hydrogen) atoms. The Morgan fingerprint density at radius 2 is 2.17 bits per heavy atom. The van der Waals surface area contributed by atoms with E-state index in [2.05, 4.69) is 27.6 Å². The quantitative estimate of drug-likeness (QED) is 0.892. The fourth-order valence-corrected chi connectivity index (χ4v) is 2.81. The Morgan fingerprint density at radius 3 is 2.83 bits per heavy atom. The van der Waals surface area contributed by atoms with Crippen LogP contribution in [0.2, 0.25) is 0 Å². The summed E-state index contributed by atoms with van der Waals surface area (Å²) in [6.07, 6.45) is 5.00. The van der Waals surface area contributed by atoms with Crippen molar-refractivity contribution in [1.29, 1.82) is 0 Å². The summed E-state index contributed by atoms with van der Waals surface area (Å²) in [6.45, 7) is 3.61. The largest absolute Gasteiger partial charge is 0.352 e. The van der Waals surface area contributed by atoms with Crippen molar-refractivity contribution < 1.29 is 4.79 Å². The lowest BCUT2D eigenvalue weighted by atomic mass is 9.92. The molecule has 2 N–H and O–H groups in total. The van der Waals surface area contributed by atoms with Crippen LogP contribution in [0.15, 0.2) is 36.9 Å². The molecule has 1 aromatic carbocycles. The summed E-state index contributed by atoms with van der Waals surface area (Å²) in [5.74, 6) is 0.291. The number of benzene rings is 1. The standard InChI is InChI=1S/C16H21N5O.ClH/c1-12-8-14(6-7-18-12)16(22)19-9-13-2-4-15(5-3-13)21-11-17-10-20-21;/h2-5,10-12,14,18H,6-9H2,1H3,(H,19,22);1H/t12-,14-;/m0./s1. The van der Waals surface area contributed by atoms with Gasteiger partial charge >= 0.3 is 0 Å². The minimum atomic E-state index is 0. The second-order valence-corrected chi connectivity index (χ2v) is 5.80. The topological polar surface area (TPSA) is 71.8 Å². The van der Waals surface area contributed by atoms with Gasteiger partial charge in [0.2, 0.25) is 5.91 Å². The van der Waals surface area contributed by atoms with Crippen LogP contribution in [0.4, 0.5) is 0 Å². The summed E-state index contributed by atoms with van der Waals surface area (Å²) in [5, 5.41) is 10.5. The molecular weight excluding hydrogens is 314 g/mol. The number of hydrogen-bond donors (Lipinski definition) is 2. The number of nitrogens with one attached hydrogen (secondary N) is 2. The Kier molecular flexibility index (Phi) is 6.12. The first kappa shape index (κ1) is 17.4. The Hall–Kier alpha value is -1.92. The van der Waals surface area contributed by atoms with Gasteiger partial charge in [-0.2, -0.15) is 5.10 Å². The zero-order valence-electron chi connectivity index (χ0n) is 13.1. The van der Waals surface area contributed by atoms with Crippen molar-refractivity contribution in [3.63, 3.8) is 0 Å². The highest BCUT2D eigenvalue weighted by molar-refractivity contribution is 5.85. The van der Waals surface area contributed by atoms with Crippen LogP contribution in [0, 0.1) is 5.92 Å². The molecule has 124 valence electrons. The average Bonchev–Trinajstić information content (AvgIpc) is 3.07. The first-order valence-corrected chi connectivity index (χ1v) is 7.67. The van der Waals surface area contributed by atoms with E-state index in [9.17, 15) is 4.79 Å². The van der Waals surface area contributed by atoms with Gasteiger partial charge in [0.15, 0.2) is 0 Å². The maximum absolute atomic E-state index is 12.2. The van der Waals surface area contributed by atoms with E-state index in [-0.39, 0.29) is 24.2 Å². The van der Waals surface area contributed by atoms with Crippen molar-refractivity contribution in [3.8, 4) is 5.69 Å². The highest BCUT2D eigenvalue weighted by Gasteiger charge is 2.24. The van der Waals surface area contributed by atoms with E-state index < -0.39 is 0 Å². The van der Waals surface area contributed by atoms with E-state index >= 15 is 0 Å². The summed E-state index contributed by atoms with van der Waals surface area (Å²) < 4.78 is 1.71. The lowest BCUT2D eigenvalue weighted by molar-refractivity contribution is -0.126. The Labute approximate surface area is 142 Å².